The highest BCUT2D eigenvalue weighted by Crippen LogP contribution is 2.22. The van der Waals surface area contributed by atoms with Gasteiger partial charge in [-0.3, -0.25) is 14.0 Å². The number of amides is 2. The van der Waals surface area contributed by atoms with Gasteiger partial charge in [0.15, 0.2) is 0 Å². The van der Waals surface area contributed by atoms with Crippen molar-refractivity contribution < 1.29 is 14.3 Å². The summed E-state index contributed by atoms with van der Waals surface area (Å²) < 4.78 is 7.09. The number of rotatable bonds is 10. The number of aromatic amines is 1. The zero-order valence-electron chi connectivity index (χ0n) is 18.9. The second-order valence-corrected chi connectivity index (χ2v) is 8.69. The van der Waals surface area contributed by atoms with Gasteiger partial charge in [-0.2, -0.15) is 0 Å². The first kappa shape index (κ1) is 24.7. The molecular formula is C24H24Cl2N6O3. The van der Waals surface area contributed by atoms with Gasteiger partial charge in [-0.1, -0.05) is 53.5 Å². The van der Waals surface area contributed by atoms with E-state index in [4.69, 9.17) is 27.9 Å². The Morgan fingerprint density at radius 3 is 2.66 bits per heavy atom. The quantitative estimate of drug-likeness (QED) is 0.299. The molecule has 0 aliphatic rings. The molecule has 182 valence electrons. The molecule has 2 atom stereocenters. The van der Waals surface area contributed by atoms with Crippen LogP contribution in [0.15, 0.2) is 61.1 Å². The molecule has 0 bridgehead atoms. The molecule has 35 heavy (non-hydrogen) atoms. The van der Waals surface area contributed by atoms with E-state index in [0.717, 1.165) is 5.56 Å². The van der Waals surface area contributed by atoms with Gasteiger partial charge in [0.2, 0.25) is 11.7 Å². The molecule has 3 aromatic heterocycles. The summed E-state index contributed by atoms with van der Waals surface area (Å²) in [5.74, 6) is -0.357. The van der Waals surface area contributed by atoms with Crippen molar-refractivity contribution in [2.75, 3.05) is 13.7 Å². The van der Waals surface area contributed by atoms with Crippen LogP contribution in [-0.2, 0) is 16.0 Å². The standard InChI is InChI=1S/C24H24Cl2N6O3/c1-35-14-20(19-13-32-11-5-10-27-24(32)31-19)30-22(33)17(9-8-15-6-3-2-4-7-15)29-23(34)18-12-16(25)21(26)28-18/h2-7,10-13,17,20,28H,8-9,14H2,1H3,(H,29,34)(H,30,33)/t17-,20-/m0/s1. The highest BCUT2D eigenvalue weighted by molar-refractivity contribution is 6.41. The van der Waals surface area contributed by atoms with Gasteiger partial charge in [-0.05, 0) is 30.5 Å². The lowest BCUT2D eigenvalue weighted by atomic mass is 10.0. The van der Waals surface area contributed by atoms with E-state index >= 15 is 0 Å². The molecule has 0 saturated carbocycles. The lowest BCUT2D eigenvalue weighted by Crippen LogP contribution is -2.48. The van der Waals surface area contributed by atoms with Crippen LogP contribution >= 0.6 is 23.2 Å². The van der Waals surface area contributed by atoms with Gasteiger partial charge in [-0.15, -0.1) is 0 Å². The predicted molar refractivity (Wildman–Crippen MR) is 133 cm³/mol. The van der Waals surface area contributed by atoms with Crippen LogP contribution in [0.25, 0.3) is 5.78 Å². The summed E-state index contributed by atoms with van der Waals surface area (Å²) in [6.45, 7) is 0.191. The number of carbonyl (C=O) groups is 2. The van der Waals surface area contributed by atoms with Crippen molar-refractivity contribution in [1.82, 2.24) is 30.0 Å². The first-order valence-corrected chi connectivity index (χ1v) is 11.7. The van der Waals surface area contributed by atoms with E-state index in [1.165, 1.54) is 6.07 Å². The average Bonchev–Trinajstić information content (AvgIpc) is 3.45. The second kappa shape index (κ2) is 11.4. The molecule has 0 unspecified atom stereocenters. The van der Waals surface area contributed by atoms with Crippen LogP contribution in [0.5, 0.6) is 0 Å². The Hall–Kier alpha value is -3.40. The minimum atomic E-state index is -0.835. The molecular weight excluding hydrogens is 491 g/mol. The number of H-pyrrole nitrogens is 1. The summed E-state index contributed by atoms with van der Waals surface area (Å²) in [5, 5.41) is 6.13. The van der Waals surface area contributed by atoms with Crippen molar-refractivity contribution in [1.29, 1.82) is 0 Å². The molecule has 11 heteroatoms. The van der Waals surface area contributed by atoms with E-state index in [9.17, 15) is 9.59 Å². The molecule has 1 aromatic carbocycles. The summed E-state index contributed by atoms with van der Waals surface area (Å²) in [5.41, 5.74) is 1.80. The predicted octanol–water partition coefficient (Wildman–Crippen LogP) is 3.60. The van der Waals surface area contributed by atoms with E-state index in [-0.39, 0.29) is 28.4 Å². The average molecular weight is 515 g/mol. The lowest BCUT2D eigenvalue weighted by Gasteiger charge is -2.22. The van der Waals surface area contributed by atoms with Crippen LogP contribution in [-0.4, -0.2) is 50.9 Å². The van der Waals surface area contributed by atoms with Crippen molar-refractivity contribution in [3.8, 4) is 0 Å². The zero-order valence-corrected chi connectivity index (χ0v) is 20.4. The number of hydrogen-bond acceptors (Lipinski definition) is 5. The number of nitrogens with one attached hydrogen (secondary N) is 3. The van der Waals surface area contributed by atoms with Crippen LogP contribution < -0.4 is 10.6 Å². The number of methoxy groups -OCH3 is 1. The van der Waals surface area contributed by atoms with E-state index in [1.54, 1.807) is 30.0 Å². The highest BCUT2D eigenvalue weighted by Gasteiger charge is 2.26. The first-order chi connectivity index (χ1) is 16.9. The summed E-state index contributed by atoms with van der Waals surface area (Å²) in [6.07, 6.45) is 6.20. The van der Waals surface area contributed by atoms with Gasteiger partial charge in [0.25, 0.3) is 5.91 Å². The molecule has 9 nitrogen and oxygen atoms in total. The van der Waals surface area contributed by atoms with Gasteiger partial charge in [0.05, 0.1) is 23.4 Å². The first-order valence-electron chi connectivity index (χ1n) is 10.9. The maximum atomic E-state index is 13.4. The molecule has 2 amide bonds. The molecule has 4 aromatic rings. The normalized spacial score (nSPS) is 12.9. The number of hydrogen-bond donors (Lipinski definition) is 3. The highest BCUT2D eigenvalue weighted by atomic mass is 35.5. The van der Waals surface area contributed by atoms with Gasteiger partial charge >= 0.3 is 0 Å². The summed E-state index contributed by atoms with van der Waals surface area (Å²) in [6, 6.07) is 11.6. The Kier molecular flexibility index (Phi) is 8.02. The second-order valence-electron chi connectivity index (χ2n) is 7.90. The Balaban J connectivity index is 1.53. The Morgan fingerprint density at radius 1 is 1.17 bits per heavy atom. The van der Waals surface area contributed by atoms with E-state index in [2.05, 4.69) is 25.6 Å². The minimum absolute atomic E-state index is 0.155. The number of imidazole rings is 1. The van der Waals surface area contributed by atoms with Crippen molar-refractivity contribution in [3.05, 3.63) is 88.2 Å². The smallest absolute Gasteiger partial charge is 0.268 e. The molecule has 3 N–H and O–H groups in total. The lowest BCUT2D eigenvalue weighted by molar-refractivity contribution is -0.124. The van der Waals surface area contributed by atoms with Crippen LogP contribution in [0.2, 0.25) is 10.2 Å². The van der Waals surface area contributed by atoms with Crippen molar-refractivity contribution in [2.45, 2.75) is 24.9 Å². The summed E-state index contributed by atoms with van der Waals surface area (Å²) in [4.78, 5) is 37.7. The van der Waals surface area contributed by atoms with Crippen molar-refractivity contribution in [2.24, 2.45) is 0 Å². The molecule has 0 aliphatic carbocycles. The fourth-order valence-corrected chi connectivity index (χ4v) is 3.96. The van der Waals surface area contributed by atoms with Gasteiger partial charge in [0.1, 0.15) is 16.9 Å². The number of ether oxygens (including phenoxy) is 1. The molecule has 0 aliphatic heterocycles. The van der Waals surface area contributed by atoms with Crippen LogP contribution in [0, 0.1) is 0 Å². The van der Waals surface area contributed by atoms with Gasteiger partial charge < -0.3 is 20.4 Å². The third-order valence-electron chi connectivity index (χ3n) is 5.42. The fourth-order valence-electron chi connectivity index (χ4n) is 3.64. The third kappa shape index (κ3) is 6.19. The maximum absolute atomic E-state index is 13.4. The van der Waals surface area contributed by atoms with E-state index in [1.807, 2.05) is 36.5 Å². The Labute approximate surface area is 211 Å². The number of fused-ring (bicyclic) bond motifs is 1. The monoisotopic (exact) mass is 514 g/mol. The largest absolute Gasteiger partial charge is 0.382 e. The Morgan fingerprint density at radius 2 is 1.97 bits per heavy atom. The molecule has 3 heterocycles. The number of halogens is 2. The van der Waals surface area contributed by atoms with Crippen LogP contribution in [0.4, 0.5) is 0 Å². The Bertz CT molecular complexity index is 1250. The molecule has 0 spiro atoms. The fraction of sp³-hybridized carbons (Fsp3) is 0.250. The molecule has 0 fully saturated rings. The maximum Gasteiger partial charge on any atom is 0.268 e. The number of benzene rings is 1. The molecule has 4 rings (SSSR count). The molecule has 0 saturated heterocycles. The van der Waals surface area contributed by atoms with Gasteiger partial charge in [-0.25, -0.2) is 9.97 Å². The third-order valence-corrected chi connectivity index (χ3v) is 6.11. The van der Waals surface area contributed by atoms with Crippen molar-refractivity contribution >= 4 is 40.8 Å². The van der Waals surface area contributed by atoms with E-state index in [0.29, 0.717) is 24.3 Å². The van der Waals surface area contributed by atoms with Crippen molar-refractivity contribution in [3.63, 3.8) is 0 Å². The topological polar surface area (TPSA) is 113 Å². The van der Waals surface area contributed by atoms with Crippen LogP contribution in [0.3, 0.4) is 0 Å². The zero-order chi connectivity index (χ0) is 24.8. The number of carbonyl (C=O) groups excluding carboxylic acids is 2. The summed E-state index contributed by atoms with van der Waals surface area (Å²) in [7, 11) is 1.54. The molecule has 0 radical (unpaired) electrons. The van der Waals surface area contributed by atoms with E-state index < -0.39 is 18.0 Å². The number of aryl methyl sites for hydroxylation is 1. The van der Waals surface area contributed by atoms with Gasteiger partial charge in [0, 0.05) is 25.7 Å². The summed E-state index contributed by atoms with van der Waals surface area (Å²) >= 11 is 11.9. The minimum Gasteiger partial charge on any atom is -0.382 e. The number of nitrogens with zero attached hydrogens (tertiary/aromatic N) is 3. The van der Waals surface area contributed by atoms with Crippen LogP contribution in [0.1, 0.15) is 34.2 Å². The SMILES string of the molecule is COC[C@H](NC(=O)[C@H](CCc1ccccc1)NC(=O)c1cc(Cl)c(Cl)[nH]1)c1cn2cccnc2n1. The number of aromatic nitrogens is 4.